The smallest absolute Gasteiger partial charge is 0.253 e. The fraction of sp³-hybridized carbons (Fsp3) is 0.500. The Kier molecular flexibility index (Phi) is 4.72. The van der Waals surface area contributed by atoms with Crippen LogP contribution in [0.15, 0.2) is 24.4 Å². The van der Waals surface area contributed by atoms with Crippen molar-refractivity contribution in [2.45, 2.75) is 38.5 Å². The number of carbonyl (C=O) groups excluding carboxylic acids is 1. The second kappa shape index (κ2) is 6.74. The zero-order valence-corrected chi connectivity index (χ0v) is 13.8. The average Bonchev–Trinajstić information content (AvgIpc) is 2.68. The van der Waals surface area contributed by atoms with E-state index < -0.39 is 0 Å². The zero-order chi connectivity index (χ0) is 15.5. The fourth-order valence-electron chi connectivity index (χ4n) is 3.45. The third-order valence-corrected chi connectivity index (χ3v) is 4.96. The molecule has 4 heteroatoms. The van der Waals surface area contributed by atoms with E-state index in [2.05, 4.69) is 5.32 Å². The highest BCUT2D eigenvalue weighted by Gasteiger charge is 2.17. The van der Waals surface area contributed by atoms with E-state index in [1.54, 1.807) is 0 Å². The van der Waals surface area contributed by atoms with Gasteiger partial charge in [0.25, 0.3) is 5.91 Å². The van der Waals surface area contributed by atoms with Gasteiger partial charge in [0.05, 0.1) is 5.56 Å². The summed E-state index contributed by atoms with van der Waals surface area (Å²) in [6.07, 6.45) is 9.64. The molecule has 1 aromatic heterocycles. The van der Waals surface area contributed by atoms with Crippen molar-refractivity contribution in [2.24, 2.45) is 13.0 Å². The van der Waals surface area contributed by atoms with Gasteiger partial charge in [-0.05, 0) is 37.0 Å². The quantitative estimate of drug-likeness (QED) is 0.829. The van der Waals surface area contributed by atoms with Gasteiger partial charge in [0.1, 0.15) is 0 Å². The Morgan fingerprint density at radius 1 is 1.27 bits per heavy atom. The number of aryl methyl sites for hydroxylation is 1. The molecule has 1 amide bonds. The molecule has 1 saturated carbocycles. The maximum atomic E-state index is 12.5. The van der Waals surface area contributed by atoms with E-state index in [0.29, 0.717) is 16.5 Å². The first kappa shape index (κ1) is 15.4. The minimum atomic E-state index is 0.0112. The maximum Gasteiger partial charge on any atom is 0.253 e. The summed E-state index contributed by atoms with van der Waals surface area (Å²) in [5, 5.41) is 4.71. The molecule has 3 nitrogen and oxygen atoms in total. The molecule has 1 aliphatic carbocycles. The Balaban J connectivity index is 1.73. The average molecular weight is 319 g/mol. The highest BCUT2D eigenvalue weighted by Crippen LogP contribution is 2.25. The topological polar surface area (TPSA) is 34.0 Å². The fourth-order valence-corrected chi connectivity index (χ4v) is 3.62. The van der Waals surface area contributed by atoms with Crippen molar-refractivity contribution in [1.82, 2.24) is 9.88 Å². The SMILES string of the molecule is Cn1cc(C(=O)NCC2CCCCCC2)c2cc(Cl)ccc21. The van der Waals surface area contributed by atoms with Crippen molar-refractivity contribution >= 4 is 28.4 Å². The molecular formula is C18H23ClN2O. The lowest BCUT2D eigenvalue weighted by molar-refractivity contribution is 0.0947. The predicted molar refractivity (Wildman–Crippen MR) is 91.5 cm³/mol. The van der Waals surface area contributed by atoms with Crippen molar-refractivity contribution in [3.63, 3.8) is 0 Å². The second-order valence-electron chi connectivity index (χ2n) is 6.38. The van der Waals surface area contributed by atoms with Crippen LogP contribution in [-0.4, -0.2) is 17.0 Å². The number of hydrogen-bond acceptors (Lipinski definition) is 1. The number of nitrogens with one attached hydrogen (secondary N) is 1. The summed E-state index contributed by atoms with van der Waals surface area (Å²) in [4.78, 5) is 12.5. The molecule has 118 valence electrons. The molecule has 0 spiro atoms. The van der Waals surface area contributed by atoms with Crippen LogP contribution >= 0.6 is 11.6 Å². The predicted octanol–water partition coefficient (Wildman–Crippen LogP) is 4.53. The molecule has 0 radical (unpaired) electrons. The van der Waals surface area contributed by atoms with E-state index in [4.69, 9.17) is 11.6 Å². The molecule has 0 unspecified atom stereocenters. The second-order valence-corrected chi connectivity index (χ2v) is 6.82. The van der Waals surface area contributed by atoms with Gasteiger partial charge in [0.15, 0.2) is 0 Å². The van der Waals surface area contributed by atoms with Gasteiger partial charge in [-0.25, -0.2) is 0 Å². The minimum absolute atomic E-state index is 0.0112. The molecular weight excluding hydrogens is 296 g/mol. The highest BCUT2D eigenvalue weighted by atomic mass is 35.5. The molecule has 2 aromatic rings. The summed E-state index contributed by atoms with van der Waals surface area (Å²) in [5.41, 5.74) is 1.75. The van der Waals surface area contributed by atoms with Gasteiger partial charge in [-0.2, -0.15) is 0 Å². The molecule has 1 N–H and O–H groups in total. The van der Waals surface area contributed by atoms with Crippen LogP contribution in [0.1, 0.15) is 48.9 Å². The van der Waals surface area contributed by atoms with Gasteiger partial charge in [-0.3, -0.25) is 4.79 Å². The van der Waals surface area contributed by atoms with Crippen LogP contribution in [-0.2, 0) is 7.05 Å². The molecule has 1 heterocycles. The summed E-state index contributed by atoms with van der Waals surface area (Å²) in [6, 6.07) is 5.69. The van der Waals surface area contributed by atoms with Crippen molar-refractivity contribution in [3.05, 3.63) is 35.0 Å². The molecule has 0 bridgehead atoms. The van der Waals surface area contributed by atoms with Gasteiger partial charge in [0, 0.05) is 35.7 Å². The number of carbonyl (C=O) groups is 1. The number of nitrogens with zero attached hydrogens (tertiary/aromatic N) is 1. The lowest BCUT2D eigenvalue weighted by Crippen LogP contribution is -2.29. The number of halogens is 1. The van der Waals surface area contributed by atoms with E-state index in [-0.39, 0.29) is 5.91 Å². The van der Waals surface area contributed by atoms with E-state index in [1.807, 2.05) is 36.0 Å². The molecule has 0 atom stereocenters. The first-order chi connectivity index (χ1) is 10.6. The summed E-state index contributed by atoms with van der Waals surface area (Å²) in [6.45, 7) is 0.787. The lowest BCUT2D eigenvalue weighted by Gasteiger charge is -2.14. The molecule has 1 fully saturated rings. The monoisotopic (exact) mass is 318 g/mol. The largest absolute Gasteiger partial charge is 0.352 e. The van der Waals surface area contributed by atoms with E-state index in [9.17, 15) is 4.79 Å². The van der Waals surface area contributed by atoms with Crippen molar-refractivity contribution in [3.8, 4) is 0 Å². The summed E-state index contributed by atoms with van der Waals surface area (Å²) < 4.78 is 1.98. The van der Waals surface area contributed by atoms with E-state index in [0.717, 1.165) is 17.4 Å². The molecule has 3 rings (SSSR count). The zero-order valence-electron chi connectivity index (χ0n) is 13.1. The van der Waals surface area contributed by atoms with Crippen molar-refractivity contribution < 1.29 is 4.79 Å². The first-order valence-electron chi connectivity index (χ1n) is 8.18. The third-order valence-electron chi connectivity index (χ3n) is 4.72. The van der Waals surface area contributed by atoms with Gasteiger partial charge in [-0.1, -0.05) is 37.3 Å². The molecule has 0 aliphatic heterocycles. The summed E-state index contributed by atoms with van der Waals surface area (Å²) >= 11 is 6.08. The highest BCUT2D eigenvalue weighted by molar-refractivity contribution is 6.31. The number of fused-ring (bicyclic) bond motifs is 1. The van der Waals surface area contributed by atoms with E-state index >= 15 is 0 Å². The Bertz CT molecular complexity index is 669. The van der Waals surface area contributed by atoms with Crippen LogP contribution in [0.3, 0.4) is 0 Å². The summed E-state index contributed by atoms with van der Waals surface area (Å²) in [7, 11) is 1.96. The molecule has 0 saturated heterocycles. The minimum Gasteiger partial charge on any atom is -0.352 e. The standard InChI is InChI=1S/C18H23ClN2O/c1-21-12-16(15-10-14(19)8-9-17(15)21)18(22)20-11-13-6-4-2-3-5-7-13/h8-10,12-13H,2-7,11H2,1H3,(H,20,22). The van der Waals surface area contributed by atoms with Crippen LogP contribution < -0.4 is 5.32 Å². The number of amides is 1. The normalized spacial score (nSPS) is 16.6. The molecule has 1 aromatic carbocycles. The van der Waals surface area contributed by atoms with Crippen molar-refractivity contribution in [2.75, 3.05) is 6.54 Å². The van der Waals surface area contributed by atoms with Gasteiger partial charge >= 0.3 is 0 Å². The van der Waals surface area contributed by atoms with E-state index in [1.165, 1.54) is 38.5 Å². The van der Waals surface area contributed by atoms with Crippen molar-refractivity contribution in [1.29, 1.82) is 0 Å². The van der Waals surface area contributed by atoms with Gasteiger partial charge in [0.2, 0.25) is 0 Å². The van der Waals surface area contributed by atoms with Crippen LogP contribution in [0.2, 0.25) is 5.02 Å². The van der Waals surface area contributed by atoms with Gasteiger partial charge < -0.3 is 9.88 Å². The first-order valence-corrected chi connectivity index (χ1v) is 8.56. The van der Waals surface area contributed by atoms with Crippen LogP contribution in [0.5, 0.6) is 0 Å². The summed E-state index contributed by atoms with van der Waals surface area (Å²) in [5.74, 6) is 0.641. The van der Waals surface area contributed by atoms with Crippen LogP contribution in [0.4, 0.5) is 0 Å². The molecule has 1 aliphatic rings. The van der Waals surface area contributed by atoms with Crippen LogP contribution in [0.25, 0.3) is 10.9 Å². The number of hydrogen-bond donors (Lipinski definition) is 1. The third kappa shape index (κ3) is 3.30. The van der Waals surface area contributed by atoms with Crippen LogP contribution in [0, 0.1) is 5.92 Å². The number of aromatic nitrogens is 1. The maximum absolute atomic E-state index is 12.5. The lowest BCUT2D eigenvalue weighted by atomic mass is 10.0. The Morgan fingerprint density at radius 2 is 2.00 bits per heavy atom. The Labute approximate surface area is 136 Å². The van der Waals surface area contributed by atoms with Gasteiger partial charge in [-0.15, -0.1) is 0 Å². The number of benzene rings is 1. The Morgan fingerprint density at radius 3 is 2.73 bits per heavy atom. The Hall–Kier alpha value is -1.48. The number of rotatable bonds is 3. The molecule has 22 heavy (non-hydrogen) atoms.